The highest BCUT2D eigenvalue weighted by molar-refractivity contribution is 7.97. The molecule has 1 amide bonds. The van der Waals surface area contributed by atoms with Crippen LogP contribution in [0.25, 0.3) is 33.3 Å². The van der Waals surface area contributed by atoms with E-state index in [1.165, 1.54) is 11.9 Å². The second kappa shape index (κ2) is 9.99. The van der Waals surface area contributed by atoms with Crippen molar-refractivity contribution in [2.45, 2.75) is 6.61 Å². The number of hydrogen-bond acceptors (Lipinski definition) is 6. The molecule has 3 heterocycles. The Kier molecular flexibility index (Phi) is 6.45. The topological polar surface area (TPSA) is 81.9 Å². The predicted octanol–water partition coefficient (Wildman–Crippen LogP) is 5.28. The number of nitrogens with zero attached hydrogens (tertiary/aromatic N) is 4. The predicted molar refractivity (Wildman–Crippen MR) is 139 cm³/mol. The third-order valence-corrected chi connectivity index (χ3v) is 5.96. The van der Waals surface area contributed by atoms with Crippen LogP contribution in [0, 0.1) is 0 Å². The molecular weight excluding hydrogens is 458 g/mol. The number of hydrogen-bond donors (Lipinski definition) is 1. The third-order valence-electron chi connectivity index (χ3n) is 5.57. The van der Waals surface area contributed by atoms with Crippen LogP contribution >= 0.6 is 11.9 Å². The van der Waals surface area contributed by atoms with Gasteiger partial charge in [-0.1, -0.05) is 30.1 Å². The minimum Gasteiger partial charge on any atom is -0.487 e. The van der Waals surface area contributed by atoms with Crippen molar-refractivity contribution in [3.63, 3.8) is 0 Å². The molecule has 0 aliphatic heterocycles. The Labute approximate surface area is 207 Å². The van der Waals surface area contributed by atoms with E-state index in [4.69, 9.17) is 9.72 Å². The summed E-state index contributed by atoms with van der Waals surface area (Å²) < 4.78 is 10.6. The first kappa shape index (κ1) is 22.6. The molecule has 0 aliphatic rings. The van der Waals surface area contributed by atoms with E-state index in [-0.39, 0.29) is 12.5 Å². The zero-order valence-corrected chi connectivity index (χ0v) is 20.1. The van der Waals surface area contributed by atoms with E-state index in [1.807, 2.05) is 90.9 Å². The summed E-state index contributed by atoms with van der Waals surface area (Å²) in [6.07, 6.45) is 7.36. The third kappa shape index (κ3) is 4.88. The molecule has 0 spiro atoms. The molecule has 0 saturated carbocycles. The maximum absolute atomic E-state index is 12.6. The fraction of sp³-hybridized carbons (Fsp3) is 0.111. The monoisotopic (exact) mass is 481 g/mol. The highest BCUT2D eigenvalue weighted by atomic mass is 32.2. The number of fused-ring (bicyclic) bond motifs is 1. The summed E-state index contributed by atoms with van der Waals surface area (Å²) in [7, 11) is 1.91. The van der Waals surface area contributed by atoms with Gasteiger partial charge in [0.05, 0.1) is 16.8 Å². The van der Waals surface area contributed by atoms with Gasteiger partial charge in [0.25, 0.3) is 5.91 Å². The maximum atomic E-state index is 12.6. The molecule has 0 fully saturated rings. The van der Waals surface area contributed by atoms with E-state index in [2.05, 4.69) is 14.8 Å². The first-order valence-corrected chi connectivity index (χ1v) is 12.2. The Morgan fingerprint density at radius 1 is 1.03 bits per heavy atom. The van der Waals surface area contributed by atoms with Gasteiger partial charge < -0.3 is 4.74 Å². The van der Waals surface area contributed by atoms with E-state index < -0.39 is 0 Å². The van der Waals surface area contributed by atoms with Gasteiger partial charge in [0.1, 0.15) is 18.1 Å². The van der Waals surface area contributed by atoms with Crippen molar-refractivity contribution in [3.05, 3.63) is 96.6 Å². The first-order valence-electron chi connectivity index (χ1n) is 11.0. The van der Waals surface area contributed by atoms with Crippen LogP contribution in [-0.2, 0) is 13.7 Å². The van der Waals surface area contributed by atoms with E-state index in [9.17, 15) is 4.79 Å². The number of ether oxygens (including phenoxy) is 1. The van der Waals surface area contributed by atoms with Crippen molar-refractivity contribution in [2.75, 3.05) is 6.26 Å². The number of carbonyl (C=O) groups excluding carboxylic acids is 1. The van der Waals surface area contributed by atoms with E-state index in [1.54, 1.807) is 12.4 Å². The standard InChI is InChI=1S/C27H23N5O2S/c1-32-16-23(18-11-13-28-14-12-18)26(30-32)19-7-9-21(10-8-19)34-17-25-22(27(33)31-35-2)15-20-5-3-4-6-24(20)29-25/h3-16H,17H2,1-2H3,(H,31,33). The van der Waals surface area contributed by atoms with E-state index >= 15 is 0 Å². The molecule has 35 heavy (non-hydrogen) atoms. The van der Waals surface area contributed by atoms with Crippen molar-refractivity contribution in [1.29, 1.82) is 0 Å². The zero-order valence-electron chi connectivity index (χ0n) is 19.3. The molecule has 0 unspecified atom stereocenters. The van der Waals surface area contributed by atoms with Crippen LogP contribution in [0.1, 0.15) is 16.1 Å². The van der Waals surface area contributed by atoms with Crippen LogP contribution in [0.2, 0.25) is 0 Å². The fourth-order valence-electron chi connectivity index (χ4n) is 3.92. The Bertz CT molecular complexity index is 1480. The quantitative estimate of drug-likeness (QED) is 0.318. The molecular formula is C27H23N5O2S. The summed E-state index contributed by atoms with van der Waals surface area (Å²) in [6, 6.07) is 21.3. The van der Waals surface area contributed by atoms with Gasteiger partial charge in [0, 0.05) is 48.4 Å². The number of amides is 1. The number of pyridine rings is 2. The second-order valence-corrected chi connectivity index (χ2v) is 8.54. The summed E-state index contributed by atoms with van der Waals surface area (Å²) in [5.74, 6) is 0.491. The van der Waals surface area contributed by atoms with Gasteiger partial charge in [0.15, 0.2) is 0 Å². The molecule has 5 rings (SSSR count). The van der Waals surface area contributed by atoms with Crippen LogP contribution in [-0.4, -0.2) is 31.9 Å². The number of aromatic nitrogens is 4. The number of rotatable bonds is 7. The average molecular weight is 482 g/mol. The van der Waals surface area contributed by atoms with Gasteiger partial charge in [-0.05, 0) is 54.1 Å². The van der Waals surface area contributed by atoms with Crippen molar-refractivity contribution in [3.8, 4) is 28.1 Å². The van der Waals surface area contributed by atoms with Gasteiger partial charge in [0.2, 0.25) is 0 Å². The number of benzene rings is 2. The van der Waals surface area contributed by atoms with Crippen LogP contribution in [0.4, 0.5) is 0 Å². The van der Waals surface area contributed by atoms with Gasteiger partial charge >= 0.3 is 0 Å². The summed E-state index contributed by atoms with van der Waals surface area (Å²) >= 11 is 1.25. The fourth-order valence-corrected chi connectivity index (χ4v) is 4.21. The molecule has 0 radical (unpaired) electrons. The number of para-hydroxylation sites is 1. The number of carbonyl (C=O) groups is 1. The molecule has 3 aromatic heterocycles. The lowest BCUT2D eigenvalue weighted by molar-refractivity contribution is 0.0981. The lowest BCUT2D eigenvalue weighted by Crippen LogP contribution is -2.19. The molecule has 2 aromatic carbocycles. The van der Waals surface area contributed by atoms with Crippen LogP contribution in [0.15, 0.2) is 85.3 Å². The van der Waals surface area contributed by atoms with Gasteiger partial charge in [-0.25, -0.2) is 4.98 Å². The van der Waals surface area contributed by atoms with Gasteiger partial charge in [-0.2, -0.15) is 5.10 Å². The van der Waals surface area contributed by atoms with Crippen LogP contribution < -0.4 is 9.46 Å². The van der Waals surface area contributed by atoms with Crippen molar-refractivity contribution < 1.29 is 9.53 Å². The molecule has 5 aromatic rings. The van der Waals surface area contributed by atoms with Crippen LogP contribution in [0.5, 0.6) is 5.75 Å². The smallest absolute Gasteiger partial charge is 0.263 e. The zero-order chi connectivity index (χ0) is 24.2. The van der Waals surface area contributed by atoms with E-state index in [0.717, 1.165) is 33.3 Å². The highest BCUT2D eigenvalue weighted by Gasteiger charge is 2.16. The average Bonchev–Trinajstić information content (AvgIpc) is 3.29. The maximum Gasteiger partial charge on any atom is 0.263 e. The summed E-state index contributed by atoms with van der Waals surface area (Å²) in [5, 5.41) is 5.57. The molecule has 174 valence electrons. The van der Waals surface area contributed by atoms with Gasteiger partial charge in [-0.3, -0.25) is 19.2 Å². The van der Waals surface area contributed by atoms with Crippen molar-refractivity contribution >= 4 is 28.8 Å². The normalized spacial score (nSPS) is 10.9. The highest BCUT2D eigenvalue weighted by Crippen LogP contribution is 2.31. The Morgan fingerprint density at radius 2 is 1.80 bits per heavy atom. The van der Waals surface area contributed by atoms with Gasteiger partial charge in [-0.15, -0.1) is 0 Å². The minimum atomic E-state index is -0.191. The second-order valence-electron chi connectivity index (χ2n) is 7.92. The Balaban J connectivity index is 1.39. The number of nitrogens with one attached hydrogen (secondary N) is 1. The largest absolute Gasteiger partial charge is 0.487 e. The lowest BCUT2D eigenvalue weighted by atomic mass is 10.0. The first-order chi connectivity index (χ1) is 17.1. The molecule has 0 aliphatic carbocycles. The van der Waals surface area contributed by atoms with Crippen LogP contribution in [0.3, 0.4) is 0 Å². The van der Waals surface area contributed by atoms with Crippen molar-refractivity contribution in [1.82, 2.24) is 24.5 Å². The summed E-state index contributed by atoms with van der Waals surface area (Å²) in [6.45, 7) is 0.174. The minimum absolute atomic E-state index is 0.174. The van der Waals surface area contributed by atoms with E-state index in [0.29, 0.717) is 17.0 Å². The molecule has 0 bridgehead atoms. The summed E-state index contributed by atoms with van der Waals surface area (Å²) in [5.41, 5.74) is 5.87. The molecule has 0 saturated heterocycles. The molecule has 8 heteroatoms. The summed E-state index contributed by atoms with van der Waals surface area (Å²) in [4.78, 5) is 21.4. The molecule has 0 atom stereocenters. The van der Waals surface area contributed by atoms with Crippen molar-refractivity contribution in [2.24, 2.45) is 7.05 Å². The number of aryl methyl sites for hydroxylation is 1. The molecule has 1 N–H and O–H groups in total. The Morgan fingerprint density at radius 3 is 2.57 bits per heavy atom. The Hall–Kier alpha value is -4.17. The lowest BCUT2D eigenvalue weighted by Gasteiger charge is -2.12. The molecule has 7 nitrogen and oxygen atoms in total. The SMILES string of the molecule is CSNC(=O)c1cc2ccccc2nc1COc1ccc(-c2nn(C)cc2-c2ccncc2)cc1.